The summed E-state index contributed by atoms with van der Waals surface area (Å²) in [5.41, 5.74) is 4.55. The molecule has 0 atom stereocenters. The molecule has 2 heterocycles. The van der Waals surface area contributed by atoms with Crippen LogP contribution in [0.15, 0.2) is 59.7 Å². The van der Waals surface area contributed by atoms with E-state index in [4.69, 9.17) is 4.74 Å². The molecule has 8 heteroatoms. The Hall–Kier alpha value is -4.25. The number of benzene rings is 2. The Kier molecular flexibility index (Phi) is 7.83. The molecule has 0 amide bonds. The molecule has 0 bridgehead atoms. The Bertz CT molecular complexity index is 1620. The van der Waals surface area contributed by atoms with E-state index in [2.05, 4.69) is 23.1 Å². The molecule has 0 saturated heterocycles. The standard InChI is InChI=1S/C32H35N5O3/c1-4-8-28-27(19-22-11-13-23(14-12-22)26-10-7-6-9-24(26)20-33)29(38)36(31-34-21-35-37(28)31)25-15-17-32(3,18-16-25)30(39)40-5-2/h6-7,9-14,21,25H,4-5,8,15-19H2,1-3H3. The summed E-state index contributed by atoms with van der Waals surface area (Å²) < 4.78 is 8.97. The van der Waals surface area contributed by atoms with E-state index in [0.717, 1.165) is 34.4 Å². The molecule has 0 N–H and O–H groups in total. The van der Waals surface area contributed by atoms with Gasteiger partial charge in [0.25, 0.3) is 5.56 Å². The number of esters is 1. The van der Waals surface area contributed by atoms with Crippen molar-refractivity contribution < 1.29 is 9.53 Å². The van der Waals surface area contributed by atoms with Gasteiger partial charge in [0.2, 0.25) is 5.78 Å². The molecule has 2 aromatic carbocycles. The Morgan fingerprint density at radius 3 is 2.52 bits per heavy atom. The summed E-state index contributed by atoms with van der Waals surface area (Å²) in [4.78, 5) is 31.3. The van der Waals surface area contributed by atoms with E-state index in [1.165, 1.54) is 6.33 Å². The number of carbonyl (C=O) groups is 1. The largest absolute Gasteiger partial charge is 0.466 e. The fourth-order valence-corrected chi connectivity index (χ4v) is 5.92. The summed E-state index contributed by atoms with van der Waals surface area (Å²) >= 11 is 0. The summed E-state index contributed by atoms with van der Waals surface area (Å²) in [6, 6.07) is 17.8. The second kappa shape index (κ2) is 11.5. The molecule has 8 nitrogen and oxygen atoms in total. The van der Waals surface area contributed by atoms with E-state index in [0.29, 0.717) is 56.5 Å². The van der Waals surface area contributed by atoms with Crippen LogP contribution in [0.5, 0.6) is 0 Å². The Morgan fingerprint density at radius 2 is 1.85 bits per heavy atom. The summed E-state index contributed by atoms with van der Waals surface area (Å²) in [5.74, 6) is 0.402. The molecule has 4 aromatic rings. The van der Waals surface area contributed by atoms with Crippen molar-refractivity contribution >= 4 is 11.7 Å². The van der Waals surface area contributed by atoms with Crippen LogP contribution in [0.2, 0.25) is 0 Å². The van der Waals surface area contributed by atoms with Crippen molar-refractivity contribution in [3.63, 3.8) is 0 Å². The van der Waals surface area contributed by atoms with Crippen LogP contribution < -0.4 is 5.56 Å². The molecule has 0 spiro atoms. The van der Waals surface area contributed by atoms with Crippen molar-refractivity contribution in [1.29, 1.82) is 5.26 Å². The van der Waals surface area contributed by atoms with Crippen molar-refractivity contribution in [1.82, 2.24) is 19.2 Å². The zero-order chi connectivity index (χ0) is 28.3. The summed E-state index contributed by atoms with van der Waals surface area (Å²) in [5, 5.41) is 14.0. The van der Waals surface area contributed by atoms with Gasteiger partial charge in [-0.3, -0.25) is 14.2 Å². The van der Waals surface area contributed by atoms with Crippen molar-refractivity contribution in [2.75, 3.05) is 6.61 Å². The zero-order valence-corrected chi connectivity index (χ0v) is 23.4. The number of hydrogen-bond donors (Lipinski definition) is 0. The first kappa shape index (κ1) is 27.3. The molecule has 0 aliphatic heterocycles. The van der Waals surface area contributed by atoms with Crippen LogP contribution in [0.1, 0.15) is 81.3 Å². The smallest absolute Gasteiger partial charge is 0.311 e. The quantitative estimate of drug-likeness (QED) is 0.269. The molecule has 1 saturated carbocycles. The van der Waals surface area contributed by atoms with Crippen molar-refractivity contribution in [3.8, 4) is 17.2 Å². The van der Waals surface area contributed by atoms with Gasteiger partial charge in [-0.15, -0.1) is 0 Å². The van der Waals surface area contributed by atoms with Gasteiger partial charge in [0.15, 0.2) is 0 Å². The zero-order valence-electron chi connectivity index (χ0n) is 23.4. The highest BCUT2D eigenvalue weighted by Gasteiger charge is 2.40. The van der Waals surface area contributed by atoms with Gasteiger partial charge < -0.3 is 4.74 Å². The summed E-state index contributed by atoms with van der Waals surface area (Å²) in [6.07, 6.45) is 6.26. The molecule has 1 aliphatic carbocycles. The van der Waals surface area contributed by atoms with Crippen LogP contribution in [0.4, 0.5) is 0 Å². The van der Waals surface area contributed by atoms with Crippen LogP contribution >= 0.6 is 0 Å². The van der Waals surface area contributed by atoms with Crippen LogP contribution in [-0.4, -0.2) is 31.7 Å². The molecule has 206 valence electrons. The normalized spacial score (nSPS) is 18.9. The Labute approximate surface area is 234 Å². The molecule has 0 radical (unpaired) electrons. The number of nitrogens with zero attached hydrogens (tertiary/aromatic N) is 5. The van der Waals surface area contributed by atoms with Crippen LogP contribution in [0.25, 0.3) is 16.9 Å². The molecule has 40 heavy (non-hydrogen) atoms. The van der Waals surface area contributed by atoms with Gasteiger partial charge in [-0.25, -0.2) is 4.52 Å². The lowest BCUT2D eigenvalue weighted by molar-refractivity contribution is -0.156. The number of nitriles is 1. The third kappa shape index (κ3) is 5.04. The van der Waals surface area contributed by atoms with Crippen LogP contribution in [-0.2, 0) is 22.4 Å². The van der Waals surface area contributed by atoms with E-state index in [9.17, 15) is 14.9 Å². The average molecular weight is 538 g/mol. The lowest BCUT2D eigenvalue weighted by Crippen LogP contribution is -2.38. The second-order valence-electron chi connectivity index (χ2n) is 10.9. The fourth-order valence-electron chi connectivity index (χ4n) is 5.92. The number of hydrogen-bond acceptors (Lipinski definition) is 6. The Morgan fingerprint density at radius 1 is 1.12 bits per heavy atom. The first-order chi connectivity index (χ1) is 19.4. The number of rotatable bonds is 8. The first-order valence-electron chi connectivity index (χ1n) is 14.1. The lowest BCUT2D eigenvalue weighted by Gasteiger charge is -2.36. The monoisotopic (exact) mass is 537 g/mol. The topological polar surface area (TPSA) is 102 Å². The van der Waals surface area contributed by atoms with E-state index >= 15 is 0 Å². The summed E-state index contributed by atoms with van der Waals surface area (Å²) in [7, 11) is 0. The predicted octanol–water partition coefficient (Wildman–Crippen LogP) is 5.66. The maximum atomic E-state index is 14.2. The first-order valence-corrected chi connectivity index (χ1v) is 14.1. The highest BCUT2D eigenvalue weighted by Crippen LogP contribution is 2.41. The summed E-state index contributed by atoms with van der Waals surface area (Å²) in [6.45, 7) is 6.25. The minimum Gasteiger partial charge on any atom is -0.466 e. The van der Waals surface area contributed by atoms with Gasteiger partial charge in [0.1, 0.15) is 6.33 Å². The van der Waals surface area contributed by atoms with Gasteiger partial charge in [0, 0.05) is 18.0 Å². The van der Waals surface area contributed by atoms with Gasteiger partial charge in [-0.2, -0.15) is 15.3 Å². The minimum atomic E-state index is -0.531. The van der Waals surface area contributed by atoms with Crippen molar-refractivity contribution in [3.05, 3.63) is 87.6 Å². The van der Waals surface area contributed by atoms with E-state index in [1.54, 1.807) is 0 Å². The molecule has 0 unspecified atom stereocenters. The van der Waals surface area contributed by atoms with Gasteiger partial charge in [0.05, 0.1) is 29.3 Å². The number of aryl methyl sites for hydroxylation is 1. The number of carbonyl (C=O) groups excluding carboxylic acids is 1. The SMILES string of the molecule is CCCc1c(Cc2ccc(-c3ccccc3C#N)cc2)c(=O)n(C2CCC(C)(C(=O)OCC)CC2)c2ncnn12. The van der Waals surface area contributed by atoms with Crippen molar-refractivity contribution in [2.24, 2.45) is 5.41 Å². The van der Waals surface area contributed by atoms with Gasteiger partial charge in [-0.05, 0) is 68.7 Å². The molecular weight excluding hydrogens is 502 g/mol. The van der Waals surface area contributed by atoms with E-state index in [1.807, 2.05) is 71.5 Å². The van der Waals surface area contributed by atoms with E-state index < -0.39 is 5.41 Å². The van der Waals surface area contributed by atoms with Crippen LogP contribution in [0, 0.1) is 16.7 Å². The highest BCUT2D eigenvalue weighted by atomic mass is 16.5. The molecular formula is C32H35N5O3. The Balaban J connectivity index is 1.50. The molecule has 1 fully saturated rings. The van der Waals surface area contributed by atoms with Crippen LogP contribution in [0.3, 0.4) is 0 Å². The number of aromatic nitrogens is 4. The molecule has 2 aromatic heterocycles. The minimum absolute atomic E-state index is 0.0346. The third-order valence-electron chi connectivity index (χ3n) is 8.20. The number of fused-ring (bicyclic) bond motifs is 1. The lowest BCUT2D eigenvalue weighted by atomic mass is 9.74. The maximum absolute atomic E-state index is 14.2. The maximum Gasteiger partial charge on any atom is 0.311 e. The van der Waals surface area contributed by atoms with E-state index in [-0.39, 0.29) is 17.6 Å². The third-order valence-corrected chi connectivity index (χ3v) is 8.20. The van der Waals surface area contributed by atoms with Gasteiger partial charge >= 0.3 is 5.97 Å². The number of ether oxygens (including phenoxy) is 1. The predicted molar refractivity (Wildman–Crippen MR) is 153 cm³/mol. The molecule has 5 rings (SSSR count). The fraction of sp³-hybridized carbons (Fsp3) is 0.406. The highest BCUT2D eigenvalue weighted by molar-refractivity contribution is 5.76. The second-order valence-corrected chi connectivity index (χ2v) is 10.9. The van der Waals surface area contributed by atoms with Crippen molar-refractivity contribution in [2.45, 2.75) is 71.8 Å². The molecule has 1 aliphatic rings. The average Bonchev–Trinajstić information content (AvgIpc) is 3.46. The van der Waals surface area contributed by atoms with Gasteiger partial charge in [-0.1, -0.05) is 55.8 Å².